The average Bonchev–Trinajstić information content (AvgIpc) is 3.38. The van der Waals surface area contributed by atoms with Gasteiger partial charge in [-0.05, 0) is 37.1 Å². The van der Waals surface area contributed by atoms with Gasteiger partial charge in [-0.1, -0.05) is 39.5 Å². The lowest BCUT2D eigenvalue weighted by Crippen LogP contribution is -2.17. The van der Waals surface area contributed by atoms with Crippen molar-refractivity contribution in [3.05, 3.63) is 35.7 Å². The highest BCUT2D eigenvalue weighted by Gasteiger charge is 2.30. The molecule has 0 radical (unpaired) electrons. The third-order valence-corrected chi connectivity index (χ3v) is 5.39. The molecule has 27 heavy (non-hydrogen) atoms. The molecule has 1 heterocycles. The summed E-state index contributed by atoms with van der Waals surface area (Å²) in [6.45, 7) is 7.91. The van der Waals surface area contributed by atoms with Crippen LogP contribution < -0.4 is 5.32 Å². The number of thioether (sulfide) groups is 1. The van der Waals surface area contributed by atoms with E-state index in [0.717, 1.165) is 23.8 Å². The molecule has 1 saturated carbocycles. The molecule has 1 aliphatic carbocycles. The normalized spacial score (nSPS) is 14.0. The maximum Gasteiger partial charge on any atom is 0.226 e. The maximum atomic E-state index is 12.5. The van der Waals surface area contributed by atoms with E-state index in [0.29, 0.717) is 29.0 Å². The third-order valence-electron chi connectivity index (χ3n) is 4.45. The molecular weight excluding hydrogens is 360 g/mol. The van der Waals surface area contributed by atoms with Crippen molar-refractivity contribution >= 4 is 29.1 Å². The van der Waals surface area contributed by atoms with E-state index in [1.54, 1.807) is 24.3 Å². The molecule has 1 aromatic heterocycles. The number of ketones is 1. The molecule has 0 bridgehead atoms. The first kappa shape index (κ1) is 19.6. The lowest BCUT2D eigenvalue weighted by atomic mass is 10.1. The van der Waals surface area contributed by atoms with Gasteiger partial charge in [-0.15, -0.1) is 10.2 Å². The van der Waals surface area contributed by atoms with Crippen LogP contribution in [0.15, 0.2) is 29.4 Å². The zero-order valence-electron chi connectivity index (χ0n) is 16.2. The largest absolute Gasteiger partial charge is 0.326 e. The number of Topliss-reactive ketones (excluding diaryl/α,β-unsaturated/α-hetero) is 1. The van der Waals surface area contributed by atoms with Crippen LogP contribution in [0, 0.1) is 5.92 Å². The lowest BCUT2D eigenvalue weighted by Gasteiger charge is -2.10. The van der Waals surface area contributed by atoms with Gasteiger partial charge in [0.2, 0.25) is 5.91 Å². The minimum absolute atomic E-state index is 0.0370. The second kappa shape index (κ2) is 8.25. The molecule has 0 unspecified atom stereocenters. The van der Waals surface area contributed by atoms with Crippen LogP contribution in [0.2, 0.25) is 0 Å². The average molecular weight is 387 g/mol. The Morgan fingerprint density at radius 2 is 1.81 bits per heavy atom. The Labute approximate surface area is 164 Å². The standard InChI is InChI=1S/C20H26N4O2S/c1-12(2)18-22-23-20(24(18)16-9-10-16)27-11-17(25)14-5-7-15(8-6-14)21-19(26)13(3)4/h5-8,12-13,16H,9-11H2,1-4H3,(H,21,26). The Bertz CT molecular complexity index is 823. The van der Waals surface area contributed by atoms with E-state index in [1.807, 2.05) is 13.8 Å². The SMILES string of the molecule is CC(C)C(=O)Nc1ccc(C(=O)CSc2nnc(C(C)C)n2C2CC2)cc1. The summed E-state index contributed by atoms with van der Waals surface area (Å²) < 4.78 is 2.20. The fourth-order valence-corrected chi connectivity index (χ4v) is 3.60. The van der Waals surface area contributed by atoms with E-state index >= 15 is 0 Å². The molecule has 0 atom stereocenters. The zero-order valence-corrected chi connectivity index (χ0v) is 17.0. The molecule has 3 rings (SSSR count). The van der Waals surface area contributed by atoms with Gasteiger partial charge in [-0.25, -0.2) is 0 Å². The molecule has 1 fully saturated rings. The number of hydrogen-bond donors (Lipinski definition) is 1. The summed E-state index contributed by atoms with van der Waals surface area (Å²) in [6.07, 6.45) is 2.31. The molecule has 7 heteroatoms. The van der Waals surface area contributed by atoms with Gasteiger partial charge in [-0.3, -0.25) is 9.59 Å². The highest BCUT2D eigenvalue weighted by atomic mass is 32.2. The number of rotatable bonds is 8. The molecule has 6 nitrogen and oxygen atoms in total. The van der Waals surface area contributed by atoms with Crippen molar-refractivity contribution in [1.82, 2.24) is 14.8 Å². The van der Waals surface area contributed by atoms with E-state index in [-0.39, 0.29) is 17.6 Å². The Hall–Kier alpha value is -2.15. The van der Waals surface area contributed by atoms with Crippen LogP contribution in [0.5, 0.6) is 0 Å². The molecule has 1 amide bonds. The van der Waals surface area contributed by atoms with E-state index in [4.69, 9.17) is 0 Å². The van der Waals surface area contributed by atoms with Crippen LogP contribution in [0.3, 0.4) is 0 Å². The second-order valence-corrected chi connectivity index (χ2v) is 8.47. The van der Waals surface area contributed by atoms with Crippen molar-refractivity contribution in [3.8, 4) is 0 Å². The number of hydrogen-bond acceptors (Lipinski definition) is 5. The van der Waals surface area contributed by atoms with Crippen molar-refractivity contribution < 1.29 is 9.59 Å². The second-order valence-electron chi connectivity index (χ2n) is 7.53. The number of nitrogens with zero attached hydrogens (tertiary/aromatic N) is 3. The summed E-state index contributed by atoms with van der Waals surface area (Å²) in [4.78, 5) is 24.3. The highest BCUT2D eigenvalue weighted by molar-refractivity contribution is 7.99. The van der Waals surface area contributed by atoms with Gasteiger partial charge in [0, 0.05) is 29.1 Å². The van der Waals surface area contributed by atoms with Crippen LogP contribution in [0.1, 0.15) is 68.7 Å². The summed E-state index contributed by atoms with van der Waals surface area (Å²) in [5, 5.41) is 12.3. The van der Waals surface area contributed by atoms with Crippen LogP contribution >= 0.6 is 11.8 Å². The van der Waals surface area contributed by atoms with Gasteiger partial charge in [0.15, 0.2) is 10.9 Å². The summed E-state index contributed by atoms with van der Waals surface area (Å²) in [5.74, 6) is 1.56. The van der Waals surface area contributed by atoms with Crippen molar-refractivity contribution in [3.63, 3.8) is 0 Å². The molecule has 1 aliphatic rings. The van der Waals surface area contributed by atoms with Crippen molar-refractivity contribution in [2.45, 2.75) is 57.7 Å². The Kier molecular flexibility index (Phi) is 5.99. The highest BCUT2D eigenvalue weighted by Crippen LogP contribution is 2.40. The van der Waals surface area contributed by atoms with Gasteiger partial charge >= 0.3 is 0 Å². The first-order valence-corrected chi connectivity index (χ1v) is 10.4. The van der Waals surface area contributed by atoms with E-state index in [2.05, 4.69) is 33.9 Å². The number of aromatic nitrogens is 3. The van der Waals surface area contributed by atoms with Crippen LogP contribution in [0.4, 0.5) is 5.69 Å². The Morgan fingerprint density at radius 1 is 1.15 bits per heavy atom. The molecular formula is C20H26N4O2S. The van der Waals surface area contributed by atoms with Crippen LogP contribution in [-0.4, -0.2) is 32.2 Å². The molecule has 0 saturated heterocycles. The lowest BCUT2D eigenvalue weighted by molar-refractivity contribution is -0.118. The zero-order chi connectivity index (χ0) is 19.6. The molecule has 0 aliphatic heterocycles. The van der Waals surface area contributed by atoms with E-state index in [1.165, 1.54) is 11.8 Å². The summed E-state index contributed by atoms with van der Waals surface area (Å²) in [7, 11) is 0. The summed E-state index contributed by atoms with van der Waals surface area (Å²) >= 11 is 1.45. The monoisotopic (exact) mass is 386 g/mol. The number of anilines is 1. The quantitative estimate of drug-likeness (QED) is 0.540. The van der Waals surface area contributed by atoms with Crippen LogP contribution in [-0.2, 0) is 4.79 Å². The molecule has 144 valence electrons. The Balaban J connectivity index is 1.62. The molecule has 1 N–H and O–H groups in total. The minimum atomic E-state index is -0.0812. The van der Waals surface area contributed by atoms with Crippen molar-refractivity contribution in [1.29, 1.82) is 0 Å². The summed E-state index contributed by atoms with van der Waals surface area (Å²) in [5.41, 5.74) is 1.33. The number of carbonyl (C=O) groups is 2. The van der Waals surface area contributed by atoms with Gasteiger partial charge in [-0.2, -0.15) is 0 Å². The number of nitrogens with one attached hydrogen (secondary N) is 1. The van der Waals surface area contributed by atoms with Gasteiger partial charge in [0.05, 0.1) is 5.75 Å². The van der Waals surface area contributed by atoms with Gasteiger partial charge in [0.25, 0.3) is 0 Å². The first-order valence-electron chi connectivity index (χ1n) is 9.38. The predicted octanol–water partition coefficient (Wildman–Crippen LogP) is 4.31. The first-order chi connectivity index (χ1) is 12.9. The van der Waals surface area contributed by atoms with E-state index in [9.17, 15) is 9.59 Å². The predicted molar refractivity (Wildman–Crippen MR) is 107 cm³/mol. The topological polar surface area (TPSA) is 76.9 Å². The van der Waals surface area contributed by atoms with Gasteiger partial charge in [0.1, 0.15) is 5.82 Å². The minimum Gasteiger partial charge on any atom is -0.326 e. The molecule has 2 aromatic rings. The number of amides is 1. The fraction of sp³-hybridized carbons (Fsp3) is 0.500. The number of benzene rings is 1. The van der Waals surface area contributed by atoms with Crippen LogP contribution in [0.25, 0.3) is 0 Å². The van der Waals surface area contributed by atoms with Crippen molar-refractivity contribution in [2.24, 2.45) is 5.92 Å². The molecule has 1 aromatic carbocycles. The fourth-order valence-electron chi connectivity index (χ4n) is 2.70. The third kappa shape index (κ3) is 4.77. The van der Waals surface area contributed by atoms with Gasteiger partial charge < -0.3 is 9.88 Å². The summed E-state index contributed by atoms with van der Waals surface area (Å²) in [6, 6.07) is 7.52. The van der Waals surface area contributed by atoms with E-state index < -0.39 is 0 Å². The Morgan fingerprint density at radius 3 is 2.37 bits per heavy atom. The van der Waals surface area contributed by atoms with Crippen molar-refractivity contribution in [2.75, 3.05) is 11.1 Å². The molecule has 0 spiro atoms. The number of carbonyl (C=O) groups excluding carboxylic acids is 2. The smallest absolute Gasteiger partial charge is 0.226 e. The maximum absolute atomic E-state index is 12.5.